The van der Waals surface area contributed by atoms with Crippen molar-refractivity contribution >= 4 is 11.8 Å². The number of carboxylic acid groups (broad SMARTS) is 1. The van der Waals surface area contributed by atoms with Crippen molar-refractivity contribution < 1.29 is 29.3 Å². The molecule has 6 unspecified atom stereocenters. The molecule has 1 spiro atoms. The van der Waals surface area contributed by atoms with Crippen LogP contribution in [0.1, 0.15) is 106 Å². The van der Waals surface area contributed by atoms with Crippen LogP contribution in [-0.2, 0) is 19.1 Å². The van der Waals surface area contributed by atoms with E-state index in [1.807, 2.05) is 32.9 Å². The molecule has 0 aliphatic carbocycles. The Balaban J connectivity index is 2.08. The number of carbonyl (C=O) groups is 2. The second-order valence-electron chi connectivity index (χ2n) is 12.1. The summed E-state index contributed by atoms with van der Waals surface area (Å²) in [6, 6.07) is 0. The van der Waals surface area contributed by atoms with E-state index in [1.165, 1.54) is 18.9 Å². The minimum Gasteiger partial charge on any atom is -0.478 e. The predicted octanol–water partition coefficient (Wildman–Crippen LogP) is 7.89. The van der Waals surface area contributed by atoms with Crippen molar-refractivity contribution in [3.05, 3.63) is 59.8 Å². The monoisotopic (exact) mass is 570 g/mol. The van der Waals surface area contributed by atoms with Gasteiger partial charge in [0.25, 0.3) is 0 Å². The van der Waals surface area contributed by atoms with Gasteiger partial charge in [-0.1, -0.05) is 94.2 Å². The number of ketones is 1. The van der Waals surface area contributed by atoms with Gasteiger partial charge in [-0.05, 0) is 51.4 Å². The number of unbranched alkanes of at least 4 members (excludes halogenated alkanes) is 1. The van der Waals surface area contributed by atoms with E-state index in [9.17, 15) is 14.7 Å². The minimum atomic E-state index is -1.02. The standard InChI is InChI=1S/C35H54O6/c1-7-9-10-29-22-24-35(41-33(29)19-14-25(3)11-16-30(36)8-2)23-21-28(6)32(40-35)18-13-26(4)12-17-31(37)27(5)15-20-34(38)39/h11-15,17,19-20,27-29,31-33,37H,7-10,16,18,21-24H2,1-6H3,(H,38,39)/b17-12+,19-14+,20-15+,25-11+,26-13+/t27?,28?,29?,31?,32?,33?,35-/m0/s1. The molecule has 0 radical (unpaired) electrons. The van der Waals surface area contributed by atoms with Crippen LogP contribution in [-0.4, -0.2) is 46.1 Å². The molecular formula is C35H54O6. The van der Waals surface area contributed by atoms with E-state index in [4.69, 9.17) is 14.6 Å². The Labute approximate surface area is 248 Å². The molecule has 2 rings (SSSR count). The van der Waals surface area contributed by atoms with Crippen LogP contribution in [0.4, 0.5) is 0 Å². The topological polar surface area (TPSA) is 93.1 Å². The SMILES string of the molecule is CCCCC1CC[C@]2(CCC(C)C(C/C=C(C)/C=C/C(O)C(C)/C=C/C(=O)O)O2)OC1/C=C/C(C)=C/CC(=O)CC. The van der Waals surface area contributed by atoms with E-state index in [0.29, 0.717) is 24.7 Å². The molecule has 0 aromatic rings. The van der Waals surface area contributed by atoms with Gasteiger partial charge in [-0.2, -0.15) is 0 Å². The molecule has 6 nitrogen and oxygen atoms in total. The molecule has 230 valence electrons. The van der Waals surface area contributed by atoms with Crippen LogP contribution in [0.5, 0.6) is 0 Å². The molecule has 0 amide bonds. The number of ether oxygens (including phenoxy) is 2. The maximum absolute atomic E-state index is 11.7. The van der Waals surface area contributed by atoms with Crippen LogP contribution < -0.4 is 0 Å². The molecule has 0 aromatic carbocycles. The number of aliphatic hydroxyl groups excluding tert-OH is 1. The van der Waals surface area contributed by atoms with E-state index in [-0.39, 0.29) is 23.9 Å². The zero-order chi connectivity index (χ0) is 30.4. The Kier molecular flexibility index (Phi) is 15.0. The summed E-state index contributed by atoms with van der Waals surface area (Å²) in [5, 5.41) is 19.1. The predicted molar refractivity (Wildman–Crippen MR) is 165 cm³/mol. The molecule has 2 heterocycles. The molecule has 41 heavy (non-hydrogen) atoms. The highest BCUT2D eigenvalue weighted by molar-refractivity contribution is 5.80. The third-order valence-corrected chi connectivity index (χ3v) is 8.53. The molecule has 2 N–H and O–H groups in total. The first kappa shape index (κ1) is 34.9. The zero-order valence-electron chi connectivity index (χ0n) is 26.2. The van der Waals surface area contributed by atoms with Crippen molar-refractivity contribution in [2.24, 2.45) is 17.8 Å². The molecule has 2 fully saturated rings. The summed E-state index contributed by atoms with van der Waals surface area (Å²) in [7, 11) is 0. The van der Waals surface area contributed by atoms with Gasteiger partial charge in [0.2, 0.25) is 0 Å². The smallest absolute Gasteiger partial charge is 0.327 e. The van der Waals surface area contributed by atoms with E-state index >= 15 is 0 Å². The highest BCUT2D eigenvalue weighted by Crippen LogP contribution is 2.45. The van der Waals surface area contributed by atoms with Crippen molar-refractivity contribution in [2.45, 2.75) is 130 Å². The maximum Gasteiger partial charge on any atom is 0.327 e. The summed E-state index contributed by atoms with van der Waals surface area (Å²) >= 11 is 0. The average molecular weight is 571 g/mol. The third kappa shape index (κ3) is 12.2. The number of carbonyl (C=O) groups excluding carboxylic acids is 1. The van der Waals surface area contributed by atoms with Gasteiger partial charge in [0, 0.05) is 37.7 Å². The van der Waals surface area contributed by atoms with Crippen LogP contribution in [0.3, 0.4) is 0 Å². The molecule has 0 aromatic heterocycles. The van der Waals surface area contributed by atoms with Crippen molar-refractivity contribution in [1.82, 2.24) is 0 Å². The Morgan fingerprint density at radius 2 is 1.71 bits per heavy atom. The third-order valence-electron chi connectivity index (χ3n) is 8.53. The summed E-state index contributed by atoms with van der Waals surface area (Å²) in [4.78, 5) is 22.5. The first-order valence-electron chi connectivity index (χ1n) is 15.6. The molecule has 2 aliphatic rings. The number of allylic oxidation sites excluding steroid dienone is 5. The molecule has 2 saturated heterocycles. The van der Waals surface area contributed by atoms with Gasteiger partial charge >= 0.3 is 5.97 Å². The lowest BCUT2D eigenvalue weighted by Crippen LogP contribution is -2.52. The van der Waals surface area contributed by atoms with Gasteiger partial charge in [0.1, 0.15) is 5.78 Å². The van der Waals surface area contributed by atoms with Crippen LogP contribution >= 0.6 is 0 Å². The first-order chi connectivity index (χ1) is 19.5. The van der Waals surface area contributed by atoms with Gasteiger partial charge < -0.3 is 19.7 Å². The zero-order valence-corrected chi connectivity index (χ0v) is 26.2. The Bertz CT molecular complexity index is 989. The van der Waals surface area contributed by atoms with Crippen molar-refractivity contribution in [1.29, 1.82) is 0 Å². The molecule has 0 saturated carbocycles. The second kappa shape index (κ2) is 17.6. The van der Waals surface area contributed by atoms with Crippen LogP contribution in [0, 0.1) is 17.8 Å². The van der Waals surface area contributed by atoms with E-state index in [0.717, 1.165) is 55.7 Å². The highest BCUT2D eigenvalue weighted by atomic mass is 16.7. The van der Waals surface area contributed by atoms with Crippen LogP contribution in [0.2, 0.25) is 0 Å². The number of Topliss-reactive ketones (excluding diaryl/α,β-unsaturated/α-hetero) is 1. The highest BCUT2D eigenvalue weighted by Gasteiger charge is 2.46. The van der Waals surface area contributed by atoms with Gasteiger partial charge in [-0.15, -0.1) is 0 Å². The van der Waals surface area contributed by atoms with Crippen molar-refractivity contribution in [2.75, 3.05) is 0 Å². The summed E-state index contributed by atoms with van der Waals surface area (Å²) < 4.78 is 13.6. The number of aliphatic carboxylic acids is 1. The molecule has 7 atom stereocenters. The Hall–Kier alpha value is -2.28. The van der Waals surface area contributed by atoms with Crippen molar-refractivity contribution in [3.63, 3.8) is 0 Å². The first-order valence-corrected chi connectivity index (χ1v) is 15.6. The number of rotatable bonds is 15. The fourth-order valence-corrected chi connectivity index (χ4v) is 5.46. The largest absolute Gasteiger partial charge is 0.478 e. The fraction of sp³-hybridized carbons (Fsp3) is 0.657. The van der Waals surface area contributed by atoms with Gasteiger partial charge in [-0.3, -0.25) is 4.79 Å². The van der Waals surface area contributed by atoms with Crippen LogP contribution in [0.25, 0.3) is 0 Å². The average Bonchev–Trinajstić information content (AvgIpc) is 2.96. The van der Waals surface area contributed by atoms with Gasteiger partial charge in [0.15, 0.2) is 5.79 Å². The lowest BCUT2D eigenvalue weighted by Gasteiger charge is -2.49. The van der Waals surface area contributed by atoms with Gasteiger partial charge in [-0.25, -0.2) is 4.79 Å². The minimum absolute atomic E-state index is 0.00607. The number of aliphatic hydroxyl groups is 1. The fourth-order valence-electron chi connectivity index (χ4n) is 5.46. The van der Waals surface area contributed by atoms with Gasteiger partial charge in [0.05, 0.1) is 18.3 Å². The second-order valence-corrected chi connectivity index (χ2v) is 12.1. The van der Waals surface area contributed by atoms with E-state index < -0.39 is 17.9 Å². The maximum atomic E-state index is 11.7. The Morgan fingerprint density at radius 3 is 2.39 bits per heavy atom. The quantitative estimate of drug-likeness (QED) is 0.154. The van der Waals surface area contributed by atoms with E-state index in [1.54, 1.807) is 13.0 Å². The lowest BCUT2D eigenvalue weighted by molar-refractivity contribution is -0.324. The number of carboxylic acids is 1. The molecule has 0 bridgehead atoms. The summed E-state index contributed by atoms with van der Waals surface area (Å²) in [6.07, 6.45) is 23.1. The molecular weight excluding hydrogens is 516 g/mol. The molecule has 6 heteroatoms. The van der Waals surface area contributed by atoms with Crippen LogP contribution in [0.15, 0.2) is 59.8 Å². The van der Waals surface area contributed by atoms with Crippen molar-refractivity contribution in [3.8, 4) is 0 Å². The van der Waals surface area contributed by atoms with E-state index in [2.05, 4.69) is 32.1 Å². The lowest BCUT2D eigenvalue weighted by atomic mass is 9.81. The molecule has 2 aliphatic heterocycles. The number of hydrogen-bond acceptors (Lipinski definition) is 5. The normalized spacial score (nSPS) is 29.5. The number of hydrogen-bond donors (Lipinski definition) is 2. The Morgan fingerprint density at radius 1 is 1.00 bits per heavy atom. The summed E-state index contributed by atoms with van der Waals surface area (Å²) in [6.45, 7) is 12.2. The summed E-state index contributed by atoms with van der Waals surface area (Å²) in [5.74, 6) is -0.741. The summed E-state index contributed by atoms with van der Waals surface area (Å²) in [5.41, 5.74) is 2.12.